The minimum Gasteiger partial charge on any atom is -0.492 e. The lowest BCUT2D eigenvalue weighted by Gasteiger charge is -2.20. The van der Waals surface area contributed by atoms with Gasteiger partial charge < -0.3 is 15.1 Å². The first-order valence-electron chi connectivity index (χ1n) is 4.65. The van der Waals surface area contributed by atoms with E-state index in [1.54, 1.807) is 0 Å². The van der Waals surface area contributed by atoms with Crippen molar-refractivity contribution in [2.24, 2.45) is 0 Å². The van der Waals surface area contributed by atoms with Gasteiger partial charge in [-0.25, -0.2) is 10.2 Å². The van der Waals surface area contributed by atoms with Crippen molar-refractivity contribution in [2.75, 3.05) is 0 Å². The van der Waals surface area contributed by atoms with Crippen molar-refractivity contribution in [2.45, 2.75) is 26.3 Å². The third-order valence-corrected chi connectivity index (χ3v) is 1.51. The van der Waals surface area contributed by atoms with E-state index >= 15 is 0 Å². The molecule has 0 bridgehead atoms. The van der Waals surface area contributed by atoms with Crippen molar-refractivity contribution < 1.29 is 19.8 Å². The van der Waals surface area contributed by atoms with E-state index in [1.165, 1.54) is 12.1 Å². The van der Waals surface area contributed by atoms with E-state index in [2.05, 4.69) is 15.7 Å². The highest BCUT2D eigenvalue weighted by atomic mass is 16.7. The summed E-state index contributed by atoms with van der Waals surface area (Å²) in [5.41, 5.74) is 4.61. The van der Waals surface area contributed by atoms with Gasteiger partial charge >= 0.3 is 6.09 Å². The van der Waals surface area contributed by atoms with Gasteiger partial charge in [-0.2, -0.15) is 0 Å². The molecule has 0 aliphatic rings. The van der Waals surface area contributed by atoms with Crippen LogP contribution < -0.4 is 15.7 Å². The predicted octanol–water partition coefficient (Wildman–Crippen LogP) is 0.341. The lowest BCUT2D eigenvalue weighted by molar-refractivity contribution is 0.101. The van der Waals surface area contributed by atoms with Crippen molar-refractivity contribution in [1.29, 1.82) is 0 Å². The summed E-state index contributed by atoms with van der Waals surface area (Å²) >= 11 is 0. The van der Waals surface area contributed by atoms with Crippen LogP contribution in [0.15, 0.2) is 12.1 Å². The average molecular weight is 229 g/mol. The number of nitrogens with zero attached hydrogens (tertiary/aromatic N) is 1. The van der Waals surface area contributed by atoms with Crippen molar-refractivity contribution in [3.05, 3.63) is 12.1 Å². The van der Waals surface area contributed by atoms with Gasteiger partial charge in [-0.05, 0) is 20.8 Å². The third-order valence-electron chi connectivity index (χ3n) is 1.51. The second-order valence-corrected chi connectivity index (χ2v) is 4.22. The van der Waals surface area contributed by atoms with Gasteiger partial charge in [-0.3, -0.25) is 5.43 Å². The number of hydrogen-bond donors (Lipinski definition) is 4. The lowest BCUT2D eigenvalue weighted by Crippen LogP contribution is -2.50. The minimum absolute atomic E-state index is 0.320. The van der Waals surface area contributed by atoms with Gasteiger partial charge in [0.1, 0.15) is 0 Å². The molecule has 1 amide bonds. The summed E-state index contributed by atoms with van der Waals surface area (Å²) in [6, 6.07) is 2.39. The number of carbonyl (C=O) groups is 1. The molecule has 16 heavy (non-hydrogen) atoms. The zero-order chi connectivity index (χ0) is 12.3. The lowest BCUT2D eigenvalue weighted by atomic mass is 10.1. The van der Waals surface area contributed by atoms with Crippen LogP contribution in [0, 0.1) is 0 Å². The molecule has 0 aromatic carbocycles. The normalized spacial score (nSPS) is 11.2. The van der Waals surface area contributed by atoms with Gasteiger partial charge in [-0.15, -0.1) is 4.73 Å². The first-order chi connectivity index (χ1) is 7.29. The summed E-state index contributed by atoms with van der Waals surface area (Å²) in [7, 11) is 0. The second-order valence-electron chi connectivity index (χ2n) is 4.22. The van der Waals surface area contributed by atoms with Crippen LogP contribution in [0.2, 0.25) is 0 Å². The quantitative estimate of drug-likeness (QED) is 0.548. The third kappa shape index (κ3) is 3.35. The van der Waals surface area contributed by atoms with Crippen LogP contribution >= 0.6 is 0 Å². The fraction of sp³-hybridized carbons (Fsp3) is 0.444. The zero-order valence-corrected chi connectivity index (χ0v) is 9.31. The van der Waals surface area contributed by atoms with Gasteiger partial charge in [0.15, 0.2) is 0 Å². The van der Waals surface area contributed by atoms with E-state index < -0.39 is 6.09 Å². The Morgan fingerprint density at radius 3 is 2.25 bits per heavy atom. The number of carbonyl (C=O) groups excluding carboxylic acids is 1. The summed E-state index contributed by atoms with van der Waals surface area (Å²) in [6.45, 7) is 5.54. The molecule has 1 rings (SSSR count). The molecule has 0 spiro atoms. The van der Waals surface area contributed by atoms with Gasteiger partial charge in [0.2, 0.25) is 11.8 Å². The second kappa shape index (κ2) is 4.31. The van der Waals surface area contributed by atoms with Crippen LogP contribution in [-0.4, -0.2) is 26.6 Å². The number of rotatable bonds is 2. The van der Waals surface area contributed by atoms with Crippen LogP contribution in [0.3, 0.4) is 0 Å². The fourth-order valence-electron chi connectivity index (χ4n) is 0.840. The smallest absolute Gasteiger partial charge is 0.446 e. The molecule has 1 aromatic heterocycles. The minimum atomic E-state index is -0.850. The summed E-state index contributed by atoms with van der Waals surface area (Å²) in [4.78, 5) is 15.8. The first-order valence-corrected chi connectivity index (χ1v) is 4.65. The van der Waals surface area contributed by atoms with E-state index in [9.17, 15) is 15.0 Å². The molecule has 7 heteroatoms. The summed E-state index contributed by atoms with van der Waals surface area (Å²) in [5.74, 6) is -0.744. The number of nitrogens with one attached hydrogen (secondary N) is 2. The molecule has 1 aromatic rings. The summed E-state index contributed by atoms with van der Waals surface area (Å²) < 4.78 is 0.597. The van der Waals surface area contributed by atoms with Gasteiger partial charge in [0.25, 0.3) is 0 Å². The molecular formula is C9H15N3O4. The van der Waals surface area contributed by atoms with E-state index in [1.807, 2.05) is 20.8 Å². The van der Waals surface area contributed by atoms with Crippen LogP contribution in [0.1, 0.15) is 20.8 Å². The Morgan fingerprint density at radius 2 is 1.81 bits per heavy atom. The highest BCUT2D eigenvalue weighted by molar-refractivity contribution is 5.67. The molecule has 0 saturated heterocycles. The van der Waals surface area contributed by atoms with E-state index in [0.29, 0.717) is 4.73 Å². The Balaban J connectivity index is 2.53. The van der Waals surface area contributed by atoms with Crippen molar-refractivity contribution in [3.8, 4) is 11.8 Å². The maximum Gasteiger partial charge on any atom is 0.446 e. The zero-order valence-electron chi connectivity index (χ0n) is 9.31. The standard InChI is InChI=1S/C9H15N3O4/c1-9(2,3)11-10-8(15)16-12-6(13)4-5-7(12)14/h4-5,11,13-14H,1-3H3,(H,10,15). The number of aromatic hydroxyl groups is 2. The molecule has 90 valence electrons. The van der Waals surface area contributed by atoms with Crippen molar-refractivity contribution >= 4 is 6.09 Å². The van der Waals surface area contributed by atoms with E-state index in [0.717, 1.165) is 0 Å². The highest BCUT2D eigenvalue weighted by Gasteiger charge is 2.14. The monoisotopic (exact) mass is 229 g/mol. The topological polar surface area (TPSA) is 95.8 Å². The Hall–Kier alpha value is -1.89. The molecule has 0 fully saturated rings. The molecule has 0 radical (unpaired) electrons. The van der Waals surface area contributed by atoms with Crippen LogP contribution in [0.25, 0.3) is 0 Å². The molecule has 0 saturated carbocycles. The summed E-state index contributed by atoms with van der Waals surface area (Å²) in [5, 5.41) is 18.4. The Bertz CT molecular complexity index is 361. The molecule has 4 N–H and O–H groups in total. The van der Waals surface area contributed by atoms with Crippen molar-refractivity contribution in [3.63, 3.8) is 0 Å². The van der Waals surface area contributed by atoms with Crippen LogP contribution in [-0.2, 0) is 0 Å². The fourth-order valence-corrected chi connectivity index (χ4v) is 0.840. The molecule has 0 atom stereocenters. The number of aromatic nitrogens is 1. The highest BCUT2D eigenvalue weighted by Crippen LogP contribution is 2.18. The SMILES string of the molecule is CC(C)(C)NNC(=O)On1c(O)ccc1O. The Morgan fingerprint density at radius 1 is 1.31 bits per heavy atom. The molecule has 1 heterocycles. The Labute approximate surface area is 92.6 Å². The number of hydrazine groups is 1. The maximum atomic E-state index is 11.2. The van der Waals surface area contributed by atoms with Gasteiger partial charge in [0, 0.05) is 17.7 Å². The molecular weight excluding hydrogens is 214 g/mol. The molecule has 0 aliphatic carbocycles. The van der Waals surface area contributed by atoms with E-state index in [4.69, 9.17) is 0 Å². The number of amides is 1. The van der Waals surface area contributed by atoms with E-state index in [-0.39, 0.29) is 17.3 Å². The van der Waals surface area contributed by atoms with Gasteiger partial charge in [-0.1, -0.05) is 0 Å². The van der Waals surface area contributed by atoms with Crippen molar-refractivity contribution in [1.82, 2.24) is 15.6 Å². The molecule has 7 nitrogen and oxygen atoms in total. The van der Waals surface area contributed by atoms with Crippen LogP contribution in [0.5, 0.6) is 11.8 Å². The summed E-state index contributed by atoms with van der Waals surface area (Å²) in [6.07, 6.45) is -0.850. The maximum absolute atomic E-state index is 11.2. The largest absolute Gasteiger partial charge is 0.492 e. The average Bonchev–Trinajstić information content (AvgIpc) is 2.45. The first kappa shape index (κ1) is 12.2. The Kier molecular flexibility index (Phi) is 3.28. The molecule has 0 unspecified atom stereocenters. The van der Waals surface area contributed by atoms with Gasteiger partial charge in [0.05, 0.1) is 0 Å². The molecule has 0 aliphatic heterocycles. The predicted molar refractivity (Wildman–Crippen MR) is 55.8 cm³/mol. The van der Waals surface area contributed by atoms with Crippen LogP contribution in [0.4, 0.5) is 4.79 Å². The number of hydrogen-bond acceptors (Lipinski definition) is 5.